The molecule has 24 heavy (non-hydrogen) atoms. The molecule has 0 unspecified atom stereocenters. The molecule has 1 aromatic heterocycles. The third-order valence-corrected chi connectivity index (χ3v) is 4.16. The highest BCUT2D eigenvalue weighted by molar-refractivity contribution is 6.37. The second-order valence-electron chi connectivity index (χ2n) is 5.66. The molecule has 0 aliphatic carbocycles. The van der Waals surface area contributed by atoms with Gasteiger partial charge in [-0.2, -0.15) is 0 Å². The maximum absolute atomic E-state index is 6.20. The Balaban J connectivity index is 1.65. The zero-order valence-corrected chi connectivity index (χ0v) is 15.7. The Morgan fingerprint density at radius 1 is 1.04 bits per heavy atom. The van der Waals surface area contributed by atoms with Crippen molar-refractivity contribution < 1.29 is 9.47 Å². The standard InChI is InChI=1S/C18H24Cl2N2O2/c1-3-23-15-10-16(19)18(17(20)11-15)24-9-7-5-4-6-8-22-12-14(2)21-13-22/h10-13H,3-9H2,1-2H3. The molecule has 0 aliphatic heterocycles. The molecule has 0 bridgehead atoms. The van der Waals surface area contributed by atoms with Crippen molar-refractivity contribution in [2.45, 2.75) is 46.1 Å². The number of hydrogen-bond donors (Lipinski definition) is 0. The third kappa shape index (κ3) is 5.91. The van der Waals surface area contributed by atoms with Crippen molar-refractivity contribution in [3.63, 3.8) is 0 Å². The molecule has 0 N–H and O–H groups in total. The highest BCUT2D eigenvalue weighted by Gasteiger charge is 2.10. The summed E-state index contributed by atoms with van der Waals surface area (Å²) in [5.41, 5.74) is 1.06. The number of halogens is 2. The molecule has 2 rings (SSSR count). The van der Waals surface area contributed by atoms with Gasteiger partial charge in [0.05, 0.1) is 35.3 Å². The number of benzene rings is 1. The number of ether oxygens (including phenoxy) is 2. The second kappa shape index (κ2) is 9.80. The van der Waals surface area contributed by atoms with Crippen LogP contribution in [0.1, 0.15) is 38.3 Å². The van der Waals surface area contributed by atoms with Crippen LogP contribution in [0.25, 0.3) is 0 Å². The molecule has 0 atom stereocenters. The van der Waals surface area contributed by atoms with Crippen molar-refractivity contribution in [2.24, 2.45) is 0 Å². The Hall–Kier alpha value is -1.39. The Labute approximate surface area is 153 Å². The predicted molar refractivity (Wildman–Crippen MR) is 98.6 cm³/mol. The fraction of sp³-hybridized carbons (Fsp3) is 0.500. The number of nitrogens with zero attached hydrogens (tertiary/aromatic N) is 2. The van der Waals surface area contributed by atoms with Gasteiger partial charge in [0, 0.05) is 24.9 Å². The van der Waals surface area contributed by atoms with Gasteiger partial charge < -0.3 is 14.0 Å². The summed E-state index contributed by atoms with van der Waals surface area (Å²) in [6.45, 7) is 6.12. The number of aryl methyl sites for hydroxylation is 2. The Kier molecular flexibility index (Phi) is 7.73. The molecule has 6 heteroatoms. The zero-order valence-electron chi connectivity index (χ0n) is 14.2. The van der Waals surface area contributed by atoms with Crippen molar-refractivity contribution in [3.8, 4) is 11.5 Å². The number of rotatable bonds is 10. The summed E-state index contributed by atoms with van der Waals surface area (Å²) in [6, 6.07) is 3.47. The van der Waals surface area contributed by atoms with E-state index >= 15 is 0 Å². The van der Waals surface area contributed by atoms with Crippen LogP contribution in [0.2, 0.25) is 10.0 Å². The van der Waals surface area contributed by atoms with E-state index in [0.717, 1.165) is 37.9 Å². The van der Waals surface area contributed by atoms with Gasteiger partial charge in [-0.3, -0.25) is 0 Å². The van der Waals surface area contributed by atoms with Gasteiger partial charge in [-0.15, -0.1) is 0 Å². The Bertz CT molecular complexity index is 621. The lowest BCUT2D eigenvalue weighted by Gasteiger charge is -2.12. The van der Waals surface area contributed by atoms with Crippen molar-refractivity contribution in [1.82, 2.24) is 9.55 Å². The molecular formula is C18H24Cl2N2O2. The van der Waals surface area contributed by atoms with Crippen molar-refractivity contribution >= 4 is 23.2 Å². The van der Waals surface area contributed by atoms with Crippen LogP contribution >= 0.6 is 23.2 Å². The quantitative estimate of drug-likeness (QED) is 0.515. The molecule has 132 valence electrons. The van der Waals surface area contributed by atoms with Crippen LogP contribution in [0.15, 0.2) is 24.7 Å². The van der Waals surface area contributed by atoms with Crippen LogP contribution < -0.4 is 9.47 Å². The Morgan fingerprint density at radius 3 is 2.38 bits per heavy atom. The number of unbranched alkanes of at least 4 members (excludes halogenated alkanes) is 3. The van der Waals surface area contributed by atoms with Gasteiger partial charge in [-0.1, -0.05) is 36.0 Å². The lowest BCUT2D eigenvalue weighted by Crippen LogP contribution is -2.00. The van der Waals surface area contributed by atoms with Crippen LogP contribution in [0.3, 0.4) is 0 Å². The fourth-order valence-electron chi connectivity index (χ4n) is 2.44. The first kappa shape index (κ1) is 18.9. The fourth-order valence-corrected chi connectivity index (χ4v) is 3.02. The highest BCUT2D eigenvalue weighted by Crippen LogP contribution is 2.37. The molecule has 0 amide bonds. The summed E-state index contributed by atoms with van der Waals surface area (Å²) in [5, 5.41) is 0.975. The number of hydrogen-bond acceptors (Lipinski definition) is 3. The predicted octanol–water partition coefficient (Wildman–Crippen LogP) is 5.54. The van der Waals surface area contributed by atoms with Gasteiger partial charge in [0.25, 0.3) is 0 Å². The van der Waals surface area contributed by atoms with Crippen LogP contribution in [-0.4, -0.2) is 22.8 Å². The molecule has 0 saturated carbocycles. The van der Waals surface area contributed by atoms with Gasteiger partial charge >= 0.3 is 0 Å². The van der Waals surface area contributed by atoms with Gasteiger partial charge in [0.1, 0.15) is 5.75 Å². The molecule has 0 aliphatic rings. The summed E-state index contributed by atoms with van der Waals surface area (Å²) >= 11 is 12.4. The third-order valence-electron chi connectivity index (χ3n) is 3.60. The summed E-state index contributed by atoms with van der Waals surface area (Å²) in [4.78, 5) is 4.22. The molecule has 1 aromatic carbocycles. The van der Waals surface area contributed by atoms with E-state index in [1.54, 1.807) is 12.1 Å². The topological polar surface area (TPSA) is 36.3 Å². The van der Waals surface area contributed by atoms with Gasteiger partial charge in [0.2, 0.25) is 0 Å². The highest BCUT2D eigenvalue weighted by atomic mass is 35.5. The zero-order chi connectivity index (χ0) is 17.4. The minimum absolute atomic E-state index is 0.487. The molecule has 2 aromatic rings. The van der Waals surface area contributed by atoms with Crippen LogP contribution in [0.4, 0.5) is 0 Å². The molecule has 0 spiro atoms. The van der Waals surface area contributed by atoms with Gasteiger partial charge in [0.15, 0.2) is 5.75 Å². The summed E-state index contributed by atoms with van der Waals surface area (Å²) in [5.74, 6) is 1.20. The minimum atomic E-state index is 0.487. The Morgan fingerprint density at radius 2 is 1.75 bits per heavy atom. The van der Waals surface area contributed by atoms with Gasteiger partial charge in [-0.05, 0) is 26.7 Å². The first-order valence-electron chi connectivity index (χ1n) is 8.33. The van der Waals surface area contributed by atoms with Crippen molar-refractivity contribution in [2.75, 3.05) is 13.2 Å². The van der Waals surface area contributed by atoms with E-state index in [0.29, 0.717) is 34.8 Å². The monoisotopic (exact) mass is 370 g/mol. The molecule has 0 fully saturated rings. The van der Waals surface area contributed by atoms with E-state index in [9.17, 15) is 0 Å². The summed E-state index contributed by atoms with van der Waals surface area (Å²) < 4.78 is 13.3. The van der Waals surface area contributed by atoms with E-state index in [1.165, 1.54) is 0 Å². The van der Waals surface area contributed by atoms with E-state index in [2.05, 4.69) is 15.7 Å². The van der Waals surface area contributed by atoms with E-state index < -0.39 is 0 Å². The van der Waals surface area contributed by atoms with Crippen LogP contribution in [-0.2, 0) is 6.54 Å². The second-order valence-corrected chi connectivity index (χ2v) is 6.48. The number of imidazole rings is 1. The van der Waals surface area contributed by atoms with Crippen molar-refractivity contribution in [1.29, 1.82) is 0 Å². The molecular weight excluding hydrogens is 347 g/mol. The average molecular weight is 371 g/mol. The maximum Gasteiger partial charge on any atom is 0.156 e. The average Bonchev–Trinajstić information content (AvgIpc) is 2.94. The first-order valence-corrected chi connectivity index (χ1v) is 9.08. The van der Waals surface area contributed by atoms with Crippen LogP contribution in [0.5, 0.6) is 11.5 Å². The molecule has 4 nitrogen and oxygen atoms in total. The lowest BCUT2D eigenvalue weighted by atomic mass is 10.2. The van der Waals surface area contributed by atoms with E-state index in [1.807, 2.05) is 20.2 Å². The smallest absolute Gasteiger partial charge is 0.156 e. The van der Waals surface area contributed by atoms with Crippen LogP contribution in [0, 0.1) is 6.92 Å². The molecule has 0 saturated heterocycles. The van der Waals surface area contributed by atoms with Crippen molar-refractivity contribution in [3.05, 3.63) is 40.4 Å². The maximum atomic E-state index is 6.20. The lowest BCUT2D eigenvalue weighted by molar-refractivity contribution is 0.302. The van der Waals surface area contributed by atoms with E-state index in [4.69, 9.17) is 32.7 Å². The van der Waals surface area contributed by atoms with Gasteiger partial charge in [-0.25, -0.2) is 4.98 Å². The minimum Gasteiger partial charge on any atom is -0.494 e. The summed E-state index contributed by atoms with van der Waals surface area (Å²) in [7, 11) is 0. The molecule has 0 radical (unpaired) electrons. The van der Waals surface area contributed by atoms with E-state index in [-0.39, 0.29) is 0 Å². The summed E-state index contributed by atoms with van der Waals surface area (Å²) in [6.07, 6.45) is 8.34. The molecule has 1 heterocycles. The SMILES string of the molecule is CCOc1cc(Cl)c(OCCCCCCn2cnc(C)c2)c(Cl)c1. The first-order chi connectivity index (χ1) is 11.6. The largest absolute Gasteiger partial charge is 0.494 e. The number of aromatic nitrogens is 2. The normalized spacial score (nSPS) is 10.8.